The summed E-state index contributed by atoms with van der Waals surface area (Å²) in [6, 6.07) is 7.59. The van der Waals surface area contributed by atoms with Crippen molar-refractivity contribution in [2.75, 3.05) is 30.4 Å². The lowest BCUT2D eigenvalue weighted by atomic mass is 10.2. The van der Waals surface area contributed by atoms with Crippen molar-refractivity contribution in [1.29, 1.82) is 0 Å². The van der Waals surface area contributed by atoms with Crippen LogP contribution in [0.1, 0.15) is 6.42 Å². The summed E-state index contributed by atoms with van der Waals surface area (Å²) in [4.78, 5) is 16.2. The number of carbonyl (C=O) groups is 1. The Labute approximate surface area is 144 Å². The Morgan fingerprint density at radius 2 is 2.18 bits per heavy atom. The minimum absolute atomic E-state index is 0. The van der Waals surface area contributed by atoms with Crippen LogP contribution in [0.5, 0.6) is 0 Å². The lowest BCUT2D eigenvalue weighted by Crippen LogP contribution is -2.42. The van der Waals surface area contributed by atoms with Crippen molar-refractivity contribution in [3.05, 3.63) is 24.3 Å². The van der Waals surface area contributed by atoms with Crippen LogP contribution in [0.4, 0.5) is 5.13 Å². The number of nitrogens with one attached hydrogen (secondary N) is 2. The summed E-state index contributed by atoms with van der Waals surface area (Å²) in [5, 5.41) is 6.93. The molecule has 4 N–H and O–H groups in total. The summed E-state index contributed by atoms with van der Waals surface area (Å²) < 4.78 is 1.16. The molecule has 5 nitrogen and oxygen atoms in total. The number of amides is 1. The number of anilines is 1. The van der Waals surface area contributed by atoms with Gasteiger partial charge in [0.2, 0.25) is 5.91 Å². The average molecular weight is 361 g/mol. The SMILES string of the molecule is CSCCC(N)C(=O)NCCNc1nc2ccccc2s1.Cl. The first kappa shape index (κ1) is 19.0. The predicted octanol–water partition coefficient (Wildman–Crippen LogP) is 2.33. The third-order valence-corrected chi connectivity index (χ3v) is 4.60. The van der Waals surface area contributed by atoms with Gasteiger partial charge >= 0.3 is 0 Å². The minimum atomic E-state index is -0.417. The van der Waals surface area contributed by atoms with Crippen molar-refractivity contribution in [2.45, 2.75) is 12.5 Å². The molecule has 1 atom stereocenters. The molecule has 0 aliphatic rings. The van der Waals surface area contributed by atoms with E-state index in [1.54, 1.807) is 23.1 Å². The van der Waals surface area contributed by atoms with Crippen LogP contribution in [0.15, 0.2) is 24.3 Å². The smallest absolute Gasteiger partial charge is 0.237 e. The van der Waals surface area contributed by atoms with Crippen LogP contribution in [0, 0.1) is 0 Å². The zero-order valence-electron chi connectivity index (χ0n) is 12.4. The fourth-order valence-corrected chi connectivity index (χ4v) is 3.19. The summed E-state index contributed by atoms with van der Waals surface area (Å²) in [6.45, 7) is 1.18. The maximum absolute atomic E-state index is 11.7. The van der Waals surface area contributed by atoms with E-state index in [2.05, 4.69) is 15.6 Å². The number of hydrogen-bond acceptors (Lipinski definition) is 6. The summed E-state index contributed by atoms with van der Waals surface area (Å²) in [5.74, 6) is 0.814. The van der Waals surface area contributed by atoms with E-state index >= 15 is 0 Å². The topological polar surface area (TPSA) is 80.0 Å². The zero-order valence-corrected chi connectivity index (χ0v) is 14.8. The first-order valence-corrected chi connectivity index (χ1v) is 9.03. The molecule has 0 fully saturated rings. The normalized spacial score (nSPS) is 11.7. The monoisotopic (exact) mass is 360 g/mol. The molecule has 0 aliphatic heterocycles. The van der Waals surface area contributed by atoms with Gasteiger partial charge in [0.25, 0.3) is 0 Å². The van der Waals surface area contributed by atoms with E-state index < -0.39 is 6.04 Å². The number of nitrogens with two attached hydrogens (primary N) is 1. The fourth-order valence-electron chi connectivity index (χ4n) is 1.81. The summed E-state index contributed by atoms with van der Waals surface area (Å²) in [5.41, 5.74) is 6.79. The summed E-state index contributed by atoms with van der Waals surface area (Å²) in [6.07, 6.45) is 2.71. The summed E-state index contributed by atoms with van der Waals surface area (Å²) >= 11 is 3.31. The Hall–Kier alpha value is -1.02. The van der Waals surface area contributed by atoms with Crippen molar-refractivity contribution in [2.24, 2.45) is 5.73 Å². The summed E-state index contributed by atoms with van der Waals surface area (Å²) in [7, 11) is 0. The fraction of sp³-hybridized carbons (Fsp3) is 0.429. The number of halogens is 1. The first-order chi connectivity index (χ1) is 10.2. The van der Waals surface area contributed by atoms with Crippen LogP contribution in [0.2, 0.25) is 0 Å². The maximum Gasteiger partial charge on any atom is 0.237 e. The third kappa shape index (κ3) is 5.64. The van der Waals surface area contributed by atoms with Crippen molar-refractivity contribution in [3.63, 3.8) is 0 Å². The molecule has 1 aromatic carbocycles. The highest BCUT2D eigenvalue weighted by Gasteiger charge is 2.11. The van der Waals surface area contributed by atoms with Crippen molar-refractivity contribution < 1.29 is 4.79 Å². The molecular weight excluding hydrogens is 340 g/mol. The van der Waals surface area contributed by atoms with Gasteiger partial charge in [0.1, 0.15) is 0 Å². The quantitative estimate of drug-likeness (QED) is 0.629. The molecule has 0 spiro atoms. The second-order valence-corrected chi connectivity index (χ2v) is 6.61. The van der Waals surface area contributed by atoms with Crippen LogP contribution in [-0.2, 0) is 4.79 Å². The molecule has 1 unspecified atom stereocenters. The van der Waals surface area contributed by atoms with Gasteiger partial charge in [0.15, 0.2) is 5.13 Å². The van der Waals surface area contributed by atoms with E-state index in [4.69, 9.17) is 5.73 Å². The number of carbonyl (C=O) groups excluding carboxylic acids is 1. The van der Waals surface area contributed by atoms with E-state index in [0.717, 1.165) is 21.1 Å². The Morgan fingerprint density at radius 1 is 1.41 bits per heavy atom. The van der Waals surface area contributed by atoms with Gasteiger partial charge in [-0.3, -0.25) is 4.79 Å². The van der Waals surface area contributed by atoms with Gasteiger partial charge in [-0.05, 0) is 30.6 Å². The average Bonchev–Trinajstić information content (AvgIpc) is 2.91. The third-order valence-electron chi connectivity index (χ3n) is 2.96. The zero-order chi connectivity index (χ0) is 15.1. The van der Waals surface area contributed by atoms with Gasteiger partial charge in [0, 0.05) is 13.1 Å². The standard InChI is InChI=1S/C14H20N4OS2.ClH/c1-20-9-6-10(15)13(19)16-7-8-17-14-18-11-4-2-3-5-12(11)21-14;/h2-5,10H,6-9,15H2,1H3,(H,16,19)(H,17,18);1H. The lowest BCUT2D eigenvalue weighted by molar-refractivity contribution is -0.122. The lowest BCUT2D eigenvalue weighted by Gasteiger charge is -2.11. The molecule has 22 heavy (non-hydrogen) atoms. The van der Waals surface area contributed by atoms with E-state index in [1.165, 1.54) is 0 Å². The van der Waals surface area contributed by atoms with Crippen LogP contribution in [0.3, 0.4) is 0 Å². The van der Waals surface area contributed by atoms with Gasteiger partial charge in [-0.2, -0.15) is 11.8 Å². The highest BCUT2D eigenvalue weighted by atomic mass is 35.5. The van der Waals surface area contributed by atoms with Crippen LogP contribution >= 0.6 is 35.5 Å². The predicted molar refractivity (Wildman–Crippen MR) is 99.3 cm³/mol. The van der Waals surface area contributed by atoms with Crippen LogP contribution in [-0.4, -0.2) is 42.0 Å². The second kappa shape index (κ2) is 9.89. The molecule has 0 bridgehead atoms. The molecule has 0 saturated carbocycles. The maximum atomic E-state index is 11.7. The Balaban J connectivity index is 0.00000242. The highest BCUT2D eigenvalue weighted by molar-refractivity contribution is 7.98. The molecule has 1 heterocycles. The van der Waals surface area contributed by atoms with Gasteiger partial charge in [0.05, 0.1) is 16.3 Å². The minimum Gasteiger partial charge on any atom is -0.360 e. The van der Waals surface area contributed by atoms with E-state index in [1.807, 2.05) is 30.5 Å². The molecule has 0 saturated heterocycles. The van der Waals surface area contributed by atoms with Crippen LogP contribution < -0.4 is 16.4 Å². The molecule has 1 amide bonds. The second-order valence-electron chi connectivity index (χ2n) is 4.59. The number of nitrogens with zero attached hydrogens (tertiary/aromatic N) is 1. The number of aromatic nitrogens is 1. The van der Waals surface area contributed by atoms with E-state index in [-0.39, 0.29) is 18.3 Å². The Morgan fingerprint density at radius 3 is 2.91 bits per heavy atom. The molecule has 0 aliphatic carbocycles. The Bertz CT molecular complexity index is 560. The number of fused-ring (bicyclic) bond motifs is 1. The molecule has 0 radical (unpaired) electrons. The highest BCUT2D eigenvalue weighted by Crippen LogP contribution is 2.24. The molecule has 1 aromatic heterocycles. The number of thioether (sulfide) groups is 1. The van der Waals surface area contributed by atoms with Crippen LogP contribution in [0.25, 0.3) is 10.2 Å². The van der Waals surface area contributed by atoms with E-state index in [9.17, 15) is 4.79 Å². The van der Waals surface area contributed by atoms with Gasteiger partial charge < -0.3 is 16.4 Å². The number of rotatable bonds is 8. The molecule has 8 heteroatoms. The molecule has 2 aromatic rings. The largest absolute Gasteiger partial charge is 0.360 e. The molecular formula is C14H21ClN4OS2. The number of hydrogen-bond donors (Lipinski definition) is 3. The van der Waals surface area contributed by atoms with Gasteiger partial charge in [-0.25, -0.2) is 4.98 Å². The van der Waals surface area contributed by atoms with Crippen molar-refractivity contribution >= 4 is 56.8 Å². The number of thiazole rings is 1. The van der Waals surface area contributed by atoms with Gasteiger partial charge in [-0.15, -0.1) is 12.4 Å². The Kier molecular flexibility index (Phi) is 8.55. The van der Waals surface area contributed by atoms with Crippen molar-refractivity contribution in [3.8, 4) is 0 Å². The van der Waals surface area contributed by atoms with E-state index in [0.29, 0.717) is 19.5 Å². The number of para-hydroxylation sites is 1. The van der Waals surface area contributed by atoms with Gasteiger partial charge in [-0.1, -0.05) is 23.5 Å². The molecule has 122 valence electrons. The molecule has 2 rings (SSSR count). The van der Waals surface area contributed by atoms with Crippen molar-refractivity contribution in [1.82, 2.24) is 10.3 Å². The number of benzene rings is 1. The first-order valence-electron chi connectivity index (χ1n) is 6.82.